The van der Waals surface area contributed by atoms with Gasteiger partial charge >= 0.3 is 6.00 Å². The predicted molar refractivity (Wildman–Crippen MR) is 92.4 cm³/mol. The SMILES string of the molecule is C=C[Si](Cl)(Cl)Cl.CCCCCCCc1ccccc1. The first-order chi connectivity index (χ1) is 8.99. The minimum atomic E-state index is -2.45. The molecule has 0 aliphatic carbocycles. The quantitative estimate of drug-likeness (QED) is 0.300. The fourth-order valence-corrected chi connectivity index (χ4v) is 1.58. The lowest BCUT2D eigenvalue weighted by atomic mass is 10.1. The first-order valence-corrected chi connectivity index (χ1v) is 11.8. The molecule has 0 saturated heterocycles. The van der Waals surface area contributed by atoms with Crippen molar-refractivity contribution in [2.24, 2.45) is 0 Å². The number of benzene rings is 1. The van der Waals surface area contributed by atoms with Crippen LogP contribution in [0.1, 0.15) is 44.6 Å². The Bertz CT molecular complexity index is 320. The van der Waals surface area contributed by atoms with Crippen LogP contribution in [0.4, 0.5) is 0 Å². The number of unbranched alkanes of at least 4 members (excludes halogenated alkanes) is 4. The standard InChI is InChI=1S/C13H20.C2H3Cl3Si/c1-2-3-4-5-7-10-13-11-8-6-9-12-13;1-2-6(3,4)5/h6,8-9,11-12H,2-5,7,10H2,1H3;2H,1H2. The summed E-state index contributed by atoms with van der Waals surface area (Å²) in [4.78, 5) is 0. The van der Waals surface area contributed by atoms with Gasteiger partial charge in [-0.05, 0) is 18.4 Å². The molecule has 0 nitrogen and oxygen atoms in total. The van der Waals surface area contributed by atoms with E-state index in [1.807, 2.05) is 0 Å². The number of halogens is 3. The van der Waals surface area contributed by atoms with Crippen molar-refractivity contribution in [1.29, 1.82) is 0 Å². The molecule has 0 aliphatic heterocycles. The third-order valence-electron chi connectivity index (χ3n) is 2.64. The maximum atomic E-state index is 5.27. The topological polar surface area (TPSA) is 0 Å². The van der Waals surface area contributed by atoms with Crippen molar-refractivity contribution >= 4 is 39.2 Å². The van der Waals surface area contributed by atoms with Crippen molar-refractivity contribution in [3.05, 3.63) is 48.2 Å². The summed E-state index contributed by atoms with van der Waals surface area (Å²) in [5.41, 5.74) is 2.86. The van der Waals surface area contributed by atoms with Gasteiger partial charge in [0.1, 0.15) is 0 Å². The summed E-state index contributed by atoms with van der Waals surface area (Å²) in [5, 5.41) is 0. The Morgan fingerprint density at radius 3 is 2.00 bits per heavy atom. The van der Waals surface area contributed by atoms with Crippen LogP contribution in [0.25, 0.3) is 0 Å². The van der Waals surface area contributed by atoms with Gasteiger partial charge in [0.05, 0.1) is 0 Å². The van der Waals surface area contributed by atoms with E-state index in [1.54, 1.807) is 0 Å². The fourth-order valence-electron chi connectivity index (χ4n) is 1.58. The van der Waals surface area contributed by atoms with E-state index in [0.717, 1.165) is 0 Å². The monoisotopic (exact) mass is 336 g/mol. The molecule has 0 N–H and O–H groups in total. The van der Waals surface area contributed by atoms with Crippen molar-refractivity contribution in [2.45, 2.75) is 45.4 Å². The van der Waals surface area contributed by atoms with E-state index in [1.165, 1.54) is 49.8 Å². The lowest BCUT2D eigenvalue weighted by Crippen LogP contribution is -2.01. The summed E-state index contributed by atoms with van der Waals surface area (Å²) in [6.07, 6.45) is 8.14. The summed E-state index contributed by atoms with van der Waals surface area (Å²) in [5.74, 6) is 0. The molecular weight excluding hydrogens is 315 g/mol. The van der Waals surface area contributed by atoms with Crippen molar-refractivity contribution in [3.8, 4) is 0 Å². The Morgan fingerprint density at radius 1 is 1.00 bits per heavy atom. The predicted octanol–water partition coefficient (Wildman–Crippen LogP) is 6.57. The highest BCUT2D eigenvalue weighted by atomic mass is 35.8. The van der Waals surface area contributed by atoms with Crippen LogP contribution in [-0.2, 0) is 6.42 Å². The largest absolute Gasteiger partial charge is 0.365 e. The normalized spacial score (nSPS) is 10.5. The van der Waals surface area contributed by atoms with E-state index in [-0.39, 0.29) is 0 Å². The molecule has 1 aromatic carbocycles. The Kier molecular flexibility index (Phi) is 11.9. The van der Waals surface area contributed by atoms with Gasteiger partial charge < -0.3 is 0 Å². The van der Waals surface area contributed by atoms with Crippen LogP contribution in [0, 0.1) is 0 Å². The summed E-state index contributed by atoms with van der Waals surface area (Å²) >= 11 is 15.8. The minimum absolute atomic E-state index is 1.25. The van der Waals surface area contributed by atoms with E-state index in [4.69, 9.17) is 33.2 Å². The van der Waals surface area contributed by atoms with E-state index in [9.17, 15) is 0 Å². The average molecular weight is 338 g/mol. The molecule has 19 heavy (non-hydrogen) atoms. The van der Waals surface area contributed by atoms with Crippen molar-refractivity contribution in [2.75, 3.05) is 0 Å². The van der Waals surface area contributed by atoms with E-state index >= 15 is 0 Å². The number of aryl methyl sites for hydroxylation is 1. The molecule has 1 aromatic rings. The third-order valence-corrected chi connectivity index (χ3v) is 4.49. The van der Waals surface area contributed by atoms with Crippen LogP contribution in [0.5, 0.6) is 0 Å². The highest BCUT2D eigenvalue weighted by molar-refractivity contribution is 7.66. The maximum absolute atomic E-state index is 5.27. The molecule has 0 saturated carbocycles. The van der Waals surface area contributed by atoms with E-state index in [0.29, 0.717) is 0 Å². The summed E-state index contributed by atoms with van der Waals surface area (Å²) in [7, 11) is 0. The van der Waals surface area contributed by atoms with Gasteiger partial charge in [-0.15, -0.1) is 39.8 Å². The second-order valence-corrected chi connectivity index (χ2v) is 13.0. The zero-order valence-electron chi connectivity index (χ0n) is 11.5. The molecule has 0 amide bonds. The molecular formula is C15H23Cl3Si. The van der Waals surface area contributed by atoms with Crippen LogP contribution in [0.15, 0.2) is 42.6 Å². The van der Waals surface area contributed by atoms with Crippen molar-refractivity contribution < 1.29 is 0 Å². The van der Waals surface area contributed by atoms with Gasteiger partial charge in [0.25, 0.3) is 0 Å². The Balaban J connectivity index is 0.000000459. The van der Waals surface area contributed by atoms with Crippen molar-refractivity contribution in [1.82, 2.24) is 0 Å². The molecule has 1 rings (SSSR count). The Morgan fingerprint density at radius 2 is 1.53 bits per heavy atom. The highest BCUT2D eigenvalue weighted by Crippen LogP contribution is 2.19. The molecule has 0 atom stereocenters. The first kappa shape index (κ1) is 19.0. The minimum Gasteiger partial charge on any atom is -0.121 e. The second-order valence-electron chi connectivity index (χ2n) is 4.40. The van der Waals surface area contributed by atoms with Gasteiger partial charge in [-0.25, -0.2) is 0 Å². The van der Waals surface area contributed by atoms with Gasteiger partial charge in [-0.2, -0.15) is 0 Å². The molecule has 0 radical (unpaired) electrons. The Hall–Kier alpha value is 0.0469. The molecule has 0 fully saturated rings. The molecule has 0 spiro atoms. The van der Waals surface area contributed by atoms with E-state index < -0.39 is 6.00 Å². The number of hydrogen-bond acceptors (Lipinski definition) is 0. The number of rotatable bonds is 7. The average Bonchev–Trinajstić information content (AvgIpc) is 2.40. The molecule has 0 aliphatic rings. The smallest absolute Gasteiger partial charge is 0.121 e. The van der Waals surface area contributed by atoms with Crippen LogP contribution >= 0.6 is 33.2 Å². The lowest BCUT2D eigenvalue weighted by Gasteiger charge is -2.00. The van der Waals surface area contributed by atoms with Crippen LogP contribution in [0.2, 0.25) is 0 Å². The molecule has 0 bridgehead atoms. The third kappa shape index (κ3) is 14.3. The molecule has 4 heteroatoms. The lowest BCUT2D eigenvalue weighted by molar-refractivity contribution is 0.632. The van der Waals surface area contributed by atoms with Gasteiger partial charge in [0, 0.05) is 0 Å². The molecule has 0 aromatic heterocycles. The molecule has 0 heterocycles. The zero-order valence-corrected chi connectivity index (χ0v) is 14.8. The van der Waals surface area contributed by atoms with Gasteiger partial charge in [0.2, 0.25) is 0 Å². The number of hydrogen-bond donors (Lipinski definition) is 0. The summed E-state index contributed by atoms with van der Waals surface area (Å²) in [6.45, 7) is 5.56. The van der Waals surface area contributed by atoms with Gasteiger partial charge in [-0.3, -0.25) is 0 Å². The highest BCUT2D eigenvalue weighted by Gasteiger charge is 2.17. The van der Waals surface area contributed by atoms with Crippen molar-refractivity contribution in [3.63, 3.8) is 0 Å². The first-order valence-electron chi connectivity index (χ1n) is 6.74. The summed E-state index contributed by atoms with van der Waals surface area (Å²) in [6, 6.07) is 8.33. The molecule has 108 valence electrons. The summed E-state index contributed by atoms with van der Waals surface area (Å²) < 4.78 is 0. The van der Waals surface area contributed by atoms with Crippen LogP contribution in [0.3, 0.4) is 0 Å². The van der Waals surface area contributed by atoms with Gasteiger partial charge in [0.15, 0.2) is 0 Å². The molecule has 0 unspecified atom stereocenters. The Labute approximate surface area is 132 Å². The zero-order chi connectivity index (χ0) is 14.6. The van der Waals surface area contributed by atoms with Crippen LogP contribution < -0.4 is 0 Å². The van der Waals surface area contributed by atoms with E-state index in [2.05, 4.69) is 43.8 Å². The fraction of sp³-hybridized carbons (Fsp3) is 0.467. The van der Waals surface area contributed by atoms with Crippen LogP contribution in [-0.4, -0.2) is 6.00 Å². The second kappa shape index (κ2) is 11.8. The maximum Gasteiger partial charge on any atom is 0.365 e. The van der Waals surface area contributed by atoms with Gasteiger partial charge in [-0.1, -0.05) is 68.6 Å².